The summed E-state index contributed by atoms with van der Waals surface area (Å²) in [4.78, 5) is 21.8. The Kier molecular flexibility index (Phi) is 5.73. The third-order valence-corrected chi connectivity index (χ3v) is 5.57. The van der Waals surface area contributed by atoms with Gasteiger partial charge in [-0.05, 0) is 29.8 Å². The third kappa shape index (κ3) is 4.73. The molecule has 4 heterocycles. The van der Waals surface area contributed by atoms with Crippen LogP contribution in [-0.2, 0) is 13.2 Å². The first-order valence-electron chi connectivity index (χ1n) is 11.3. The molecule has 36 heavy (non-hydrogen) atoms. The van der Waals surface area contributed by atoms with Crippen LogP contribution in [0.15, 0.2) is 92.2 Å². The highest BCUT2D eigenvalue weighted by atomic mass is 16.5. The van der Waals surface area contributed by atoms with Gasteiger partial charge in [-0.2, -0.15) is 5.10 Å². The molecule has 10 heteroatoms. The van der Waals surface area contributed by atoms with Crippen molar-refractivity contribution >= 4 is 22.5 Å². The van der Waals surface area contributed by atoms with Crippen LogP contribution in [0.25, 0.3) is 22.2 Å². The number of hydrogen-bond acceptors (Lipinski definition) is 8. The van der Waals surface area contributed by atoms with Crippen LogP contribution in [0.1, 0.15) is 11.3 Å². The number of ether oxygens (including phenoxy) is 1. The summed E-state index contributed by atoms with van der Waals surface area (Å²) in [6.45, 7) is 1.01. The quantitative estimate of drug-likeness (QED) is 0.333. The van der Waals surface area contributed by atoms with E-state index < -0.39 is 0 Å². The molecule has 0 saturated heterocycles. The normalized spacial score (nSPS) is 11.0. The van der Waals surface area contributed by atoms with Crippen molar-refractivity contribution in [1.29, 1.82) is 0 Å². The summed E-state index contributed by atoms with van der Waals surface area (Å²) in [5.74, 6) is 1.15. The average Bonchev–Trinajstić information content (AvgIpc) is 3.63. The molecule has 0 bridgehead atoms. The van der Waals surface area contributed by atoms with Gasteiger partial charge in [0.2, 0.25) is 5.95 Å². The van der Waals surface area contributed by atoms with E-state index in [9.17, 15) is 0 Å². The number of aromatic nitrogens is 8. The van der Waals surface area contributed by atoms with Gasteiger partial charge in [0.25, 0.3) is 0 Å². The molecular formula is C26H21N9O. The van der Waals surface area contributed by atoms with E-state index in [0.717, 1.165) is 45.6 Å². The van der Waals surface area contributed by atoms with Crippen molar-refractivity contribution in [3.8, 4) is 17.0 Å². The fourth-order valence-corrected chi connectivity index (χ4v) is 3.88. The lowest BCUT2D eigenvalue weighted by molar-refractivity contribution is 0.302. The van der Waals surface area contributed by atoms with E-state index in [1.807, 2.05) is 41.1 Å². The number of hydrogen-bond donors (Lipinski definition) is 2. The number of aromatic amines is 1. The molecule has 0 amide bonds. The molecule has 0 fully saturated rings. The maximum absolute atomic E-state index is 6.14. The van der Waals surface area contributed by atoms with Gasteiger partial charge in [-0.25, -0.2) is 15.0 Å². The van der Waals surface area contributed by atoms with Crippen LogP contribution in [0.4, 0.5) is 11.6 Å². The molecule has 0 aliphatic rings. The SMILES string of the molecule is c1cc(Cn2ccnc2)cc(Nc2ncc3cc(-c4ccn[nH]4)c(OCc4cnccn4)cc3n2)c1. The van der Waals surface area contributed by atoms with Crippen LogP contribution in [0.5, 0.6) is 5.75 Å². The van der Waals surface area contributed by atoms with Gasteiger partial charge in [0.05, 0.1) is 29.4 Å². The zero-order chi connectivity index (χ0) is 24.2. The van der Waals surface area contributed by atoms with E-state index in [-0.39, 0.29) is 6.61 Å². The molecule has 6 aromatic rings. The number of anilines is 2. The van der Waals surface area contributed by atoms with Crippen LogP contribution in [0, 0.1) is 0 Å². The third-order valence-electron chi connectivity index (χ3n) is 5.57. The highest BCUT2D eigenvalue weighted by Gasteiger charge is 2.13. The van der Waals surface area contributed by atoms with Crippen LogP contribution in [0.2, 0.25) is 0 Å². The van der Waals surface area contributed by atoms with Crippen molar-refractivity contribution in [3.63, 3.8) is 0 Å². The van der Waals surface area contributed by atoms with Gasteiger partial charge in [-0.1, -0.05) is 12.1 Å². The summed E-state index contributed by atoms with van der Waals surface area (Å²) >= 11 is 0. The summed E-state index contributed by atoms with van der Waals surface area (Å²) in [6.07, 6.45) is 14.0. The maximum Gasteiger partial charge on any atom is 0.227 e. The molecule has 0 saturated carbocycles. The molecule has 0 radical (unpaired) electrons. The summed E-state index contributed by atoms with van der Waals surface area (Å²) in [5, 5.41) is 11.3. The molecule has 0 aliphatic heterocycles. The molecule has 2 aromatic carbocycles. The number of nitrogens with zero attached hydrogens (tertiary/aromatic N) is 7. The first-order valence-corrected chi connectivity index (χ1v) is 11.3. The molecule has 0 spiro atoms. The Labute approximate surface area is 206 Å². The van der Waals surface area contributed by atoms with E-state index in [4.69, 9.17) is 9.72 Å². The van der Waals surface area contributed by atoms with Gasteiger partial charge < -0.3 is 14.6 Å². The number of nitrogens with one attached hydrogen (secondary N) is 2. The van der Waals surface area contributed by atoms with Crippen molar-refractivity contribution in [2.45, 2.75) is 13.2 Å². The lowest BCUT2D eigenvalue weighted by Crippen LogP contribution is -2.02. The van der Waals surface area contributed by atoms with Crippen molar-refractivity contribution in [2.24, 2.45) is 0 Å². The Hall–Kier alpha value is -5.12. The summed E-state index contributed by atoms with van der Waals surface area (Å²) < 4.78 is 8.16. The summed E-state index contributed by atoms with van der Waals surface area (Å²) in [7, 11) is 0. The fourth-order valence-electron chi connectivity index (χ4n) is 3.88. The maximum atomic E-state index is 6.14. The smallest absolute Gasteiger partial charge is 0.227 e. The van der Waals surface area contributed by atoms with E-state index in [1.54, 1.807) is 43.5 Å². The Morgan fingerprint density at radius 2 is 1.94 bits per heavy atom. The second-order valence-electron chi connectivity index (χ2n) is 8.12. The van der Waals surface area contributed by atoms with Crippen molar-refractivity contribution in [3.05, 3.63) is 103 Å². The van der Waals surface area contributed by atoms with Crippen molar-refractivity contribution < 1.29 is 4.74 Å². The molecule has 4 aromatic heterocycles. The zero-order valence-corrected chi connectivity index (χ0v) is 19.1. The number of H-pyrrole nitrogens is 1. The van der Waals surface area contributed by atoms with E-state index in [2.05, 4.69) is 47.6 Å². The van der Waals surface area contributed by atoms with Crippen molar-refractivity contribution in [1.82, 2.24) is 39.7 Å². The molecule has 2 N–H and O–H groups in total. The second-order valence-corrected chi connectivity index (χ2v) is 8.12. The zero-order valence-electron chi connectivity index (χ0n) is 19.1. The minimum absolute atomic E-state index is 0.278. The largest absolute Gasteiger partial charge is 0.486 e. The van der Waals surface area contributed by atoms with Crippen LogP contribution < -0.4 is 10.1 Å². The fraction of sp³-hybridized carbons (Fsp3) is 0.0769. The Morgan fingerprint density at radius 3 is 2.78 bits per heavy atom. The molecule has 0 unspecified atom stereocenters. The number of fused-ring (bicyclic) bond motifs is 1. The van der Waals surface area contributed by atoms with Crippen molar-refractivity contribution in [2.75, 3.05) is 5.32 Å². The molecule has 10 nitrogen and oxygen atoms in total. The minimum Gasteiger partial charge on any atom is -0.486 e. The molecule has 176 valence electrons. The molecular weight excluding hydrogens is 454 g/mol. The highest BCUT2D eigenvalue weighted by Crippen LogP contribution is 2.33. The Bertz CT molecular complexity index is 1580. The van der Waals surface area contributed by atoms with Crippen LogP contribution >= 0.6 is 0 Å². The van der Waals surface area contributed by atoms with E-state index >= 15 is 0 Å². The summed E-state index contributed by atoms with van der Waals surface area (Å²) in [6, 6.07) is 13.9. The predicted octanol–water partition coefficient (Wildman–Crippen LogP) is 4.38. The average molecular weight is 476 g/mol. The molecule has 6 rings (SSSR count). The Balaban J connectivity index is 1.29. The number of benzene rings is 2. The number of rotatable bonds is 8. The minimum atomic E-state index is 0.278. The predicted molar refractivity (Wildman–Crippen MR) is 135 cm³/mol. The van der Waals surface area contributed by atoms with Gasteiger partial charge in [-0.15, -0.1) is 0 Å². The van der Waals surface area contributed by atoms with E-state index in [1.165, 1.54) is 0 Å². The number of imidazole rings is 1. The Morgan fingerprint density at radius 1 is 0.944 bits per heavy atom. The lowest BCUT2D eigenvalue weighted by Gasteiger charge is -2.13. The summed E-state index contributed by atoms with van der Waals surface area (Å²) in [5.41, 5.74) is 5.22. The lowest BCUT2D eigenvalue weighted by atomic mass is 10.1. The monoisotopic (exact) mass is 475 g/mol. The van der Waals surface area contributed by atoms with Crippen LogP contribution in [0.3, 0.4) is 0 Å². The topological polar surface area (TPSA) is 119 Å². The van der Waals surface area contributed by atoms with Gasteiger partial charge in [0.15, 0.2) is 0 Å². The van der Waals surface area contributed by atoms with Gasteiger partial charge in [-0.3, -0.25) is 15.1 Å². The first-order chi connectivity index (χ1) is 17.8. The van der Waals surface area contributed by atoms with Gasteiger partial charge in [0, 0.05) is 66.4 Å². The van der Waals surface area contributed by atoms with Gasteiger partial charge in [0.1, 0.15) is 12.4 Å². The van der Waals surface area contributed by atoms with Gasteiger partial charge >= 0.3 is 0 Å². The first kappa shape index (κ1) is 21.4. The van der Waals surface area contributed by atoms with E-state index in [0.29, 0.717) is 11.7 Å². The standard InChI is InChI=1S/C26H21N9O/c1-2-18(15-35-9-8-28-17-35)10-20(3-1)32-26-30-13-19-11-22(23-4-5-31-34-23)25(12-24(19)33-26)36-16-21-14-27-6-7-29-21/h1-14,17H,15-16H2,(H,31,34)(H,30,32,33). The molecule has 0 atom stereocenters. The molecule has 0 aliphatic carbocycles. The van der Waals surface area contributed by atoms with Crippen LogP contribution in [-0.4, -0.2) is 39.7 Å². The highest BCUT2D eigenvalue weighted by molar-refractivity contribution is 5.87. The second kappa shape index (κ2) is 9.63.